The van der Waals surface area contributed by atoms with Crippen LogP contribution in [0, 0.1) is 0 Å². The Balaban J connectivity index is 1.83. The van der Waals surface area contributed by atoms with Gasteiger partial charge in [-0.1, -0.05) is 0 Å². The minimum atomic E-state index is -0.642. The van der Waals surface area contributed by atoms with Gasteiger partial charge in [0.05, 0.1) is 26.2 Å². The van der Waals surface area contributed by atoms with Gasteiger partial charge >= 0.3 is 5.97 Å². The van der Waals surface area contributed by atoms with E-state index < -0.39 is 18.5 Å². The number of hydrogen-bond acceptors (Lipinski definition) is 6. The molecule has 0 aromatic rings. The van der Waals surface area contributed by atoms with Crippen LogP contribution in [0.2, 0.25) is 0 Å². The molecule has 2 rings (SSSR count). The standard InChI is InChI=1S/C10H16O6/c1-2-13-8(12)3-9-15-5-7-10(16-9)6(11)4-14-7/h6-7,9-11H,2-5H2,1H3/t6-,7+,9-,10+/m1/s1. The molecule has 0 amide bonds. The third-order valence-electron chi connectivity index (χ3n) is 2.62. The SMILES string of the molecule is CCOC(=O)C[C@@H]1OC[C@@H]2OC[C@@H](O)[C@@H]2O1. The van der Waals surface area contributed by atoms with Gasteiger partial charge in [0.25, 0.3) is 0 Å². The van der Waals surface area contributed by atoms with Crippen molar-refractivity contribution in [3.8, 4) is 0 Å². The molecule has 2 saturated heterocycles. The molecule has 92 valence electrons. The zero-order valence-electron chi connectivity index (χ0n) is 9.13. The van der Waals surface area contributed by atoms with Gasteiger partial charge in [-0.25, -0.2) is 0 Å². The van der Waals surface area contributed by atoms with Crippen LogP contribution in [0.4, 0.5) is 0 Å². The lowest BCUT2D eigenvalue weighted by atomic mass is 10.1. The van der Waals surface area contributed by atoms with Gasteiger partial charge in [-0.2, -0.15) is 0 Å². The molecule has 2 fully saturated rings. The van der Waals surface area contributed by atoms with Crippen molar-refractivity contribution in [1.29, 1.82) is 0 Å². The van der Waals surface area contributed by atoms with Gasteiger partial charge in [0.2, 0.25) is 0 Å². The third kappa shape index (κ3) is 2.52. The summed E-state index contributed by atoms with van der Waals surface area (Å²) in [5.41, 5.74) is 0. The fourth-order valence-electron chi connectivity index (χ4n) is 1.86. The van der Waals surface area contributed by atoms with E-state index in [4.69, 9.17) is 18.9 Å². The molecule has 0 unspecified atom stereocenters. The number of ether oxygens (including phenoxy) is 4. The van der Waals surface area contributed by atoms with Gasteiger partial charge in [-0.15, -0.1) is 0 Å². The van der Waals surface area contributed by atoms with Gasteiger partial charge in [0.15, 0.2) is 6.29 Å². The van der Waals surface area contributed by atoms with Crippen molar-refractivity contribution in [1.82, 2.24) is 0 Å². The van der Waals surface area contributed by atoms with Crippen LogP contribution >= 0.6 is 0 Å². The smallest absolute Gasteiger partial charge is 0.310 e. The highest BCUT2D eigenvalue weighted by Crippen LogP contribution is 2.25. The summed E-state index contributed by atoms with van der Waals surface area (Å²) in [5.74, 6) is -0.362. The van der Waals surface area contributed by atoms with Gasteiger partial charge in [0, 0.05) is 0 Å². The average Bonchev–Trinajstić information content (AvgIpc) is 2.61. The molecule has 0 aromatic carbocycles. The summed E-state index contributed by atoms with van der Waals surface area (Å²) in [6.07, 6.45) is -1.86. The van der Waals surface area contributed by atoms with Crippen LogP contribution in [0.3, 0.4) is 0 Å². The predicted molar refractivity (Wildman–Crippen MR) is 51.6 cm³/mol. The fourth-order valence-corrected chi connectivity index (χ4v) is 1.86. The lowest BCUT2D eigenvalue weighted by molar-refractivity contribution is -0.250. The van der Waals surface area contributed by atoms with Crippen LogP contribution in [-0.2, 0) is 23.7 Å². The first-order chi connectivity index (χ1) is 7.70. The Labute approximate surface area is 93.4 Å². The summed E-state index contributed by atoms with van der Waals surface area (Å²) in [4.78, 5) is 11.2. The predicted octanol–water partition coefficient (Wildman–Crippen LogP) is -0.559. The zero-order valence-corrected chi connectivity index (χ0v) is 9.13. The van der Waals surface area contributed by atoms with Crippen molar-refractivity contribution in [2.75, 3.05) is 19.8 Å². The summed E-state index contributed by atoms with van der Waals surface area (Å²) in [5, 5.41) is 9.56. The van der Waals surface area contributed by atoms with Gasteiger partial charge in [0.1, 0.15) is 18.3 Å². The molecule has 0 aliphatic carbocycles. The number of fused-ring (bicyclic) bond motifs is 1. The average molecular weight is 232 g/mol. The largest absolute Gasteiger partial charge is 0.466 e. The second-order valence-electron chi connectivity index (χ2n) is 3.81. The molecule has 2 heterocycles. The van der Waals surface area contributed by atoms with Gasteiger partial charge in [-0.3, -0.25) is 4.79 Å². The maximum absolute atomic E-state index is 11.2. The Morgan fingerprint density at radius 1 is 1.44 bits per heavy atom. The molecule has 6 heteroatoms. The topological polar surface area (TPSA) is 74.2 Å². The zero-order chi connectivity index (χ0) is 11.5. The molecule has 1 N–H and O–H groups in total. The van der Waals surface area contributed by atoms with E-state index in [1.807, 2.05) is 0 Å². The Bertz CT molecular complexity index is 256. The van der Waals surface area contributed by atoms with Crippen molar-refractivity contribution in [2.24, 2.45) is 0 Å². The second-order valence-corrected chi connectivity index (χ2v) is 3.81. The number of esters is 1. The van der Waals surface area contributed by atoms with E-state index in [1.54, 1.807) is 6.92 Å². The third-order valence-corrected chi connectivity index (χ3v) is 2.62. The Morgan fingerprint density at radius 3 is 3.00 bits per heavy atom. The van der Waals surface area contributed by atoms with Crippen LogP contribution in [0.5, 0.6) is 0 Å². The molecule has 2 aliphatic rings. The monoisotopic (exact) mass is 232 g/mol. The summed E-state index contributed by atoms with van der Waals surface area (Å²) in [7, 11) is 0. The van der Waals surface area contributed by atoms with Crippen LogP contribution in [-0.4, -0.2) is 55.5 Å². The van der Waals surface area contributed by atoms with Gasteiger partial charge < -0.3 is 24.1 Å². The molecule has 6 nitrogen and oxygen atoms in total. The molecule has 0 bridgehead atoms. The van der Waals surface area contributed by atoms with Crippen molar-refractivity contribution in [3.63, 3.8) is 0 Å². The van der Waals surface area contributed by atoms with E-state index in [9.17, 15) is 9.90 Å². The first kappa shape index (κ1) is 11.8. The van der Waals surface area contributed by atoms with Crippen LogP contribution in [0.15, 0.2) is 0 Å². The molecule has 0 radical (unpaired) electrons. The number of carbonyl (C=O) groups is 1. The number of aliphatic hydroxyl groups is 1. The van der Waals surface area contributed by atoms with Crippen LogP contribution in [0.25, 0.3) is 0 Å². The van der Waals surface area contributed by atoms with Crippen molar-refractivity contribution in [2.45, 2.75) is 37.9 Å². The van der Waals surface area contributed by atoms with E-state index in [-0.39, 0.29) is 25.1 Å². The summed E-state index contributed by atoms with van der Waals surface area (Å²) in [6.45, 7) is 2.67. The fraction of sp³-hybridized carbons (Fsp3) is 0.900. The Morgan fingerprint density at radius 2 is 2.25 bits per heavy atom. The number of aliphatic hydroxyl groups excluding tert-OH is 1. The molecular weight excluding hydrogens is 216 g/mol. The Kier molecular flexibility index (Phi) is 3.75. The quantitative estimate of drug-likeness (QED) is 0.657. The maximum Gasteiger partial charge on any atom is 0.310 e. The molecule has 2 aliphatic heterocycles. The normalized spacial score (nSPS) is 38.1. The number of rotatable bonds is 3. The van der Waals surface area contributed by atoms with E-state index in [0.717, 1.165) is 0 Å². The lowest BCUT2D eigenvalue weighted by Gasteiger charge is -2.32. The summed E-state index contributed by atoms with van der Waals surface area (Å²) >= 11 is 0. The number of hydrogen-bond donors (Lipinski definition) is 1. The summed E-state index contributed by atoms with van der Waals surface area (Å²) in [6, 6.07) is 0. The van der Waals surface area contributed by atoms with E-state index in [0.29, 0.717) is 13.2 Å². The molecule has 16 heavy (non-hydrogen) atoms. The van der Waals surface area contributed by atoms with Crippen molar-refractivity contribution in [3.05, 3.63) is 0 Å². The first-order valence-corrected chi connectivity index (χ1v) is 5.43. The van der Waals surface area contributed by atoms with Crippen molar-refractivity contribution >= 4 is 5.97 Å². The number of carbonyl (C=O) groups excluding carboxylic acids is 1. The van der Waals surface area contributed by atoms with Crippen LogP contribution in [0.1, 0.15) is 13.3 Å². The second kappa shape index (κ2) is 5.09. The maximum atomic E-state index is 11.2. The van der Waals surface area contributed by atoms with E-state index >= 15 is 0 Å². The molecule has 0 spiro atoms. The van der Waals surface area contributed by atoms with Crippen LogP contribution < -0.4 is 0 Å². The minimum Gasteiger partial charge on any atom is -0.466 e. The highest BCUT2D eigenvalue weighted by Gasteiger charge is 2.43. The minimum absolute atomic E-state index is 0.0454. The molecular formula is C10H16O6. The molecule has 4 atom stereocenters. The summed E-state index contributed by atoms with van der Waals surface area (Å²) < 4.78 is 20.8. The molecule has 0 saturated carbocycles. The van der Waals surface area contributed by atoms with Crippen molar-refractivity contribution < 1.29 is 28.8 Å². The van der Waals surface area contributed by atoms with E-state index in [1.165, 1.54) is 0 Å². The molecule has 0 aromatic heterocycles. The van der Waals surface area contributed by atoms with E-state index in [2.05, 4.69) is 0 Å². The van der Waals surface area contributed by atoms with Gasteiger partial charge in [-0.05, 0) is 6.92 Å². The highest BCUT2D eigenvalue weighted by atomic mass is 16.7. The first-order valence-electron chi connectivity index (χ1n) is 5.43. The lowest BCUT2D eigenvalue weighted by Crippen LogP contribution is -2.46. The highest BCUT2D eigenvalue weighted by molar-refractivity contribution is 5.69. The Hall–Kier alpha value is -0.690.